The quantitative estimate of drug-likeness (QED) is 0.837. The van der Waals surface area contributed by atoms with E-state index in [-0.39, 0.29) is 12.0 Å². The number of benzene rings is 1. The molecule has 1 aromatic carbocycles. The molecule has 0 saturated carbocycles. The Kier molecular flexibility index (Phi) is 5.62. The molecule has 1 heterocycles. The van der Waals surface area contributed by atoms with E-state index in [4.69, 9.17) is 4.74 Å². The van der Waals surface area contributed by atoms with E-state index in [1.165, 1.54) is 5.56 Å². The van der Waals surface area contributed by atoms with Gasteiger partial charge in [0.15, 0.2) is 6.10 Å². The lowest BCUT2D eigenvalue weighted by atomic mass is 10.1. The van der Waals surface area contributed by atoms with Crippen molar-refractivity contribution in [3.63, 3.8) is 0 Å². The van der Waals surface area contributed by atoms with E-state index in [0.717, 1.165) is 38.1 Å². The largest absolute Gasteiger partial charge is 0.481 e. The van der Waals surface area contributed by atoms with Crippen LogP contribution in [0.4, 0.5) is 0 Å². The highest BCUT2D eigenvalue weighted by Gasteiger charge is 2.30. The maximum absolute atomic E-state index is 11.8. The van der Waals surface area contributed by atoms with Crippen molar-refractivity contribution in [3.05, 3.63) is 29.8 Å². The summed E-state index contributed by atoms with van der Waals surface area (Å²) in [4.78, 5) is 13.5. The van der Waals surface area contributed by atoms with Gasteiger partial charge >= 0.3 is 0 Å². The maximum atomic E-state index is 11.8. The molecule has 0 aliphatic carbocycles. The Labute approximate surface area is 127 Å². The highest BCUT2D eigenvalue weighted by molar-refractivity contribution is 5.83. The summed E-state index contributed by atoms with van der Waals surface area (Å²) in [6.07, 6.45) is 2.64. The van der Waals surface area contributed by atoms with Crippen LogP contribution >= 0.6 is 0 Å². The summed E-state index contributed by atoms with van der Waals surface area (Å²) in [6, 6.07) is 8.67. The number of nitrogens with zero attached hydrogens (tertiary/aromatic N) is 1. The van der Waals surface area contributed by atoms with Gasteiger partial charge in [-0.2, -0.15) is 0 Å². The topological polar surface area (TPSA) is 41.6 Å². The third kappa shape index (κ3) is 4.46. The minimum atomic E-state index is -0.311. The molecule has 116 valence electrons. The molecule has 1 N–H and O–H groups in total. The molecule has 2 atom stereocenters. The van der Waals surface area contributed by atoms with E-state index in [2.05, 4.69) is 31.3 Å². The Morgan fingerprint density at radius 1 is 1.38 bits per heavy atom. The molecule has 0 aromatic heterocycles. The van der Waals surface area contributed by atoms with Gasteiger partial charge in [-0.3, -0.25) is 4.79 Å². The zero-order chi connectivity index (χ0) is 15.2. The van der Waals surface area contributed by atoms with E-state index in [1.807, 2.05) is 19.2 Å². The smallest absolute Gasteiger partial charge is 0.263 e. The first-order valence-electron chi connectivity index (χ1n) is 7.84. The average Bonchev–Trinajstić information content (AvgIpc) is 2.79. The Morgan fingerprint density at radius 3 is 2.67 bits per heavy atom. The van der Waals surface area contributed by atoms with E-state index in [9.17, 15) is 4.79 Å². The monoisotopic (exact) mass is 290 g/mol. The molecule has 4 heteroatoms. The zero-order valence-corrected chi connectivity index (χ0v) is 13.3. The van der Waals surface area contributed by atoms with E-state index in [1.54, 1.807) is 4.90 Å². The van der Waals surface area contributed by atoms with Crippen molar-refractivity contribution in [2.24, 2.45) is 0 Å². The molecule has 0 bridgehead atoms. The molecule has 0 spiro atoms. The summed E-state index contributed by atoms with van der Waals surface area (Å²) in [6.45, 7) is 6.13. The standard InChI is InChI=1S/C17H26N2O2/c1-4-18-13(2)5-6-14-7-9-15(10-8-14)21-16-11-12-19(3)17(16)20/h7-10,13,16,18H,4-6,11-12H2,1-3H3. The first-order chi connectivity index (χ1) is 10.1. The second kappa shape index (κ2) is 7.46. The number of ether oxygens (including phenoxy) is 1. The summed E-state index contributed by atoms with van der Waals surface area (Å²) in [7, 11) is 1.82. The van der Waals surface area contributed by atoms with Crippen LogP contribution in [-0.2, 0) is 11.2 Å². The van der Waals surface area contributed by atoms with Gasteiger partial charge in [-0.05, 0) is 44.0 Å². The summed E-state index contributed by atoms with van der Waals surface area (Å²) in [5.74, 6) is 0.866. The molecule has 1 fully saturated rings. The van der Waals surface area contributed by atoms with Crippen LogP contribution < -0.4 is 10.1 Å². The van der Waals surface area contributed by atoms with Crippen LogP contribution in [0.1, 0.15) is 32.3 Å². The normalized spacial score (nSPS) is 19.9. The highest BCUT2D eigenvalue weighted by atomic mass is 16.5. The number of hydrogen-bond acceptors (Lipinski definition) is 3. The van der Waals surface area contributed by atoms with Gasteiger partial charge in [0.2, 0.25) is 0 Å². The minimum Gasteiger partial charge on any atom is -0.481 e. The third-order valence-electron chi connectivity index (χ3n) is 4.00. The molecule has 2 rings (SSSR count). The number of likely N-dealkylation sites (tertiary alicyclic amines) is 1. The molecule has 2 unspecified atom stereocenters. The van der Waals surface area contributed by atoms with Crippen LogP contribution in [-0.4, -0.2) is 43.1 Å². The van der Waals surface area contributed by atoms with Crippen molar-refractivity contribution in [1.29, 1.82) is 0 Å². The number of rotatable bonds is 7. The SMILES string of the molecule is CCNC(C)CCc1ccc(OC2CCN(C)C2=O)cc1. The first-order valence-corrected chi connectivity index (χ1v) is 7.84. The lowest BCUT2D eigenvalue weighted by molar-refractivity contribution is -0.132. The van der Waals surface area contributed by atoms with Crippen LogP contribution in [0.5, 0.6) is 5.75 Å². The van der Waals surface area contributed by atoms with Gasteiger partial charge in [0, 0.05) is 26.1 Å². The molecule has 1 aliphatic heterocycles. The summed E-state index contributed by atoms with van der Waals surface area (Å²) >= 11 is 0. The molecule has 1 saturated heterocycles. The summed E-state index contributed by atoms with van der Waals surface area (Å²) in [5, 5.41) is 3.42. The number of likely N-dealkylation sites (N-methyl/N-ethyl adjacent to an activating group) is 1. The highest BCUT2D eigenvalue weighted by Crippen LogP contribution is 2.19. The van der Waals surface area contributed by atoms with Gasteiger partial charge in [-0.15, -0.1) is 0 Å². The lowest BCUT2D eigenvalue weighted by Gasteiger charge is -2.14. The minimum absolute atomic E-state index is 0.0820. The van der Waals surface area contributed by atoms with Gasteiger partial charge < -0.3 is 15.0 Å². The van der Waals surface area contributed by atoms with Crippen molar-refractivity contribution in [1.82, 2.24) is 10.2 Å². The molecule has 1 aliphatic rings. The number of carbonyl (C=O) groups is 1. The summed E-state index contributed by atoms with van der Waals surface area (Å²) in [5.41, 5.74) is 1.31. The van der Waals surface area contributed by atoms with Gasteiger partial charge in [-0.1, -0.05) is 19.1 Å². The molecule has 21 heavy (non-hydrogen) atoms. The van der Waals surface area contributed by atoms with Crippen molar-refractivity contribution < 1.29 is 9.53 Å². The van der Waals surface area contributed by atoms with Crippen molar-refractivity contribution in [2.45, 2.75) is 45.3 Å². The molecular weight excluding hydrogens is 264 g/mol. The molecule has 0 radical (unpaired) electrons. The van der Waals surface area contributed by atoms with Gasteiger partial charge in [0.25, 0.3) is 5.91 Å². The molecule has 4 nitrogen and oxygen atoms in total. The van der Waals surface area contributed by atoms with Crippen molar-refractivity contribution >= 4 is 5.91 Å². The molecular formula is C17H26N2O2. The first kappa shape index (κ1) is 15.8. The number of aryl methyl sites for hydroxylation is 1. The van der Waals surface area contributed by atoms with E-state index < -0.39 is 0 Å². The molecule has 1 amide bonds. The number of carbonyl (C=O) groups excluding carboxylic acids is 1. The Bertz CT molecular complexity index is 458. The second-order valence-corrected chi connectivity index (χ2v) is 5.80. The average molecular weight is 290 g/mol. The Morgan fingerprint density at radius 2 is 2.10 bits per heavy atom. The fraction of sp³-hybridized carbons (Fsp3) is 0.588. The lowest BCUT2D eigenvalue weighted by Crippen LogP contribution is -2.29. The van der Waals surface area contributed by atoms with Crippen LogP contribution in [0.3, 0.4) is 0 Å². The fourth-order valence-corrected chi connectivity index (χ4v) is 2.63. The van der Waals surface area contributed by atoms with E-state index in [0.29, 0.717) is 6.04 Å². The van der Waals surface area contributed by atoms with Gasteiger partial charge in [0.05, 0.1) is 0 Å². The maximum Gasteiger partial charge on any atom is 0.263 e. The predicted octanol–water partition coefficient (Wildman–Crippen LogP) is 2.23. The van der Waals surface area contributed by atoms with Gasteiger partial charge in [0.1, 0.15) is 5.75 Å². The van der Waals surface area contributed by atoms with Crippen LogP contribution in [0, 0.1) is 0 Å². The predicted molar refractivity (Wildman–Crippen MR) is 84.6 cm³/mol. The van der Waals surface area contributed by atoms with Crippen LogP contribution in [0.25, 0.3) is 0 Å². The summed E-state index contributed by atoms with van der Waals surface area (Å²) < 4.78 is 5.77. The Balaban J connectivity index is 1.83. The van der Waals surface area contributed by atoms with E-state index >= 15 is 0 Å². The number of amides is 1. The number of nitrogens with one attached hydrogen (secondary N) is 1. The Hall–Kier alpha value is -1.55. The van der Waals surface area contributed by atoms with Crippen molar-refractivity contribution in [3.8, 4) is 5.75 Å². The van der Waals surface area contributed by atoms with Gasteiger partial charge in [-0.25, -0.2) is 0 Å². The fourth-order valence-electron chi connectivity index (χ4n) is 2.63. The second-order valence-electron chi connectivity index (χ2n) is 5.80. The van der Waals surface area contributed by atoms with Crippen molar-refractivity contribution in [2.75, 3.05) is 20.1 Å². The number of hydrogen-bond donors (Lipinski definition) is 1. The van der Waals surface area contributed by atoms with Crippen LogP contribution in [0.15, 0.2) is 24.3 Å². The zero-order valence-electron chi connectivity index (χ0n) is 13.3. The van der Waals surface area contributed by atoms with Crippen LogP contribution in [0.2, 0.25) is 0 Å². The molecule has 1 aromatic rings. The third-order valence-corrected chi connectivity index (χ3v) is 4.00.